The molecule has 0 atom stereocenters. The molecule has 120 valence electrons. The molecule has 1 aromatic heterocycles. The van der Waals surface area contributed by atoms with E-state index in [0.717, 1.165) is 0 Å². The average Bonchev–Trinajstić information content (AvgIpc) is 2.37. The standard InChI is InChI=1S/C3N11O2.C2H6N4O/c4-12-9-1-6-2(10-13-5)8-3(7-1)11-14(15)16;3-1(4)6-2(5)7/h;(H6,3,4,5,6,7)/q-1;/p+1. The van der Waals surface area contributed by atoms with Gasteiger partial charge in [-0.15, -0.1) is 0 Å². The summed E-state index contributed by atoms with van der Waals surface area (Å²) >= 11 is 0. The molecule has 18 nitrogen and oxygen atoms in total. The number of nitrogens with two attached hydrogens (primary N) is 3. The first-order valence-corrected chi connectivity index (χ1v) is 4.95. The summed E-state index contributed by atoms with van der Waals surface area (Å²) in [5.41, 5.74) is 28.3. The maximum Gasteiger partial charge on any atom is 0.376 e. The van der Waals surface area contributed by atoms with Crippen molar-refractivity contribution in [3.05, 3.63) is 36.4 Å². The second-order valence-corrected chi connectivity index (χ2v) is 2.90. The van der Waals surface area contributed by atoms with Gasteiger partial charge < -0.3 is 15.7 Å². The highest BCUT2D eigenvalue weighted by molar-refractivity contribution is 5.91. The number of primary amides is 1. The number of nitrogens with zero attached hydrogens (tertiary/aromatic N) is 11. The van der Waals surface area contributed by atoms with Gasteiger partial charge in [0.05, 0.1) is 0 Å². The number of azide groups is 2. The van der Waals surface area contributed by atoms with Crippen molar-refractivity contribution in [1.82, 2.24) is 20.3 Å². The van der Waals surface area contributed by atoms with E-state index >= 15 is 0 Å². The van der Waals surface area contributed by atoms with E-state index in [0.29, 0.717) is 0 Å². The van der Waals surface area contributed by atoms with E-state index < -0.39 is 28.9 Å². The van der Waals surface area contributed by atoms with Gasteiger partial charge in [-0.25, -0.2) is 19.9 Å². The summed E-state index contributed by atoms with van der Waals surface area (Å²) < 4.78 is 0. The molecule has 0 saturated heterocycles. The molecule has 7 N–H and O–H groups in total. The van der Waals surface area contributed by atoms with Crippen LogP contribution >= 0.6 is 0 Å². The molecule has 23 heavy (non-hydrogen) atoms. The first-order chi connectivity index (χ1) is 10.8. The number of hydrogen-bond donors (Lipinski definition) is 4. The Labute approximate surface area is 124 Å². The van der Waals surface area contributed by atoms with E-state index in [1.807, 2.05) is 5.32 Å². The predicted octanol–water partition coefficient (Wildman–Crippen LogP) is -1.32. The van der Waals surface area contributed by atoms with Crippen LogP contribution in [-0.2, 0) is 0 Å². The summed E-state index contributed by atoms with van der Waals surface area (Å²) in [5, 5.41) is 21.6. The minimum Gasteiger partial charge on any atom is -0.338 e. The highest BCUT2D eigenvalue weighted by atomic mass is 16.7. The van der Waals surface area contributed by atoms with Crippen molar-refractivity contribution in [2.45, 2.75) is 0 Å². The minimum atomic E-state index is -1.06. The second kappa shape index (κ2) is 9.47. The molecule has 0 unspecified atom stereocenters. The van der Waals surface area contributed by atoms with E-state index in [9.17, 15) is 14.9 Å². The Hall–Kier alpha value is -4.43. The van der Waals surface area contributed by atoms with Gasteiger partial charge in [0.1, 0.15) is 22.9 Å². The summed E-state index contributed by atoms with van der Waals surface area (Å²) in [5.74, 6) is -1.79. The van der Waals surface area contributed by atoms with Crippen LogP contribution in [0.4, 0.5) is 22.6 Å². The first-order valence-electron chi connectivity index (χ1n) is 4.95. The van der Waals surface area contributed by atoms with Gasteiger partial charge in [-0.1, -0.05) is 5.43 Å². The molecule has 0 bridgehead atoms. The molecule has 0 aliphatic rings. The number of guanidine groups is 1. The number of amides is 2. The van der Waals surface area contributed by atoms with Gasteiger partial charge >= 0.3 is 12.0 Å². The van der Waals surface area contributed by atoms with Crippen molar-refractivity contribution in [3.63, 3.8) is 0 Å². The number of aromatic nitrogens is 3. The van der Waals surface area contributed by atoms with Gasteiger partial charge in [0.15, 0.2) is 0 Å². The normalized spacial score (nSPS) is 8.17. The molecular formula is C5H7N15O3. The molecule has 0 fully saturated rings. The summed E-state index contributed by atoms with van der Waals surface area (Å²) in [6, 6.07) is -0.750. The van der Waals surface area contributed by atoms with E-state index in [1.165, 1.54) is 0 Å². The zero-order valence-electron chi connectivity index (χ0n) is 10.9. The predicted molar refractivity (Wildman–Crippen MR) is 71.3 cm³/mol. The maximum atomic E-state index is 10.0. The Kier molecular flexibility index (Phi) is 7.65. The monoisotopic (exact) mass is 325 g/mol. The molecule has 0 saturated carbocycles. The largest absolute Gasteiger partial charge is 0.376 e. The van der Waals surface area contributed by atoms with Crippen LogP contribution in [0.15, 0.2) is 10.2 Å². The quantitative estimate of drug-likeness (QED) is 0.0981. The fraction of sp³-hybridized carbons (Fsp3) is 0. The van der Waals surface area contributed by atoms with Gasteiger partial charge in [0, 0.05) is 9.82 Å². The van der Waals surface area contributed by atoms with Crippen molar-refractivity contribution in [1.29, 1.82) is 0 Å². The number of rotatable bonds is 4. The number of carbonyl (C=O) groups excluding carboxylic acids is 1. The maximum absolute atomic E-state index is 10.0. The smallest absolute Gasteiger partial charge is 0.338 e. The Morgan fingerprint density at radius 3 is 2.00 bits per heavy atom. The highest BCUT2D eigenvalue weighted by Crippen LogP contribution is 2.19. The number of nitrogens with one attached hydrogen (secondary N) is 1. The van der Waals surface area contributed by atoms with Crippen LogP contribution in [0.25, 0.3) is 26.3 Å². The minimum absolute atomic E-state index is 0.187. The lowest BCUT2D eigenvalue weighted by Crippen LogP contribution is -2.57. The number of urea groups is 1. The number of hydrogen-bond acceptors (Lipinski definition) is 8. The van der Waals surface area contributed by atoms with Crippen LogP contribution in [0.2, 0.25) is 0 Å². The van der Waals surface area contributed by atoms with Crippen molar-refractivity contribution >= 4 is 29.8 Å². The molecule has 0 aliphatic carbocycles. The van der Waals surface area contributed by atoms with Gasteiger partial charge in [-0.3, -0.25) is 11.1 Å². The molecule has 1 rings (SSSR count). The van der Waals surface area contributed by atoms with Crippen LogP contribution in [-0.4, -0.2) is 32.0 Å². The zero-order chi connectivity index (χ0) is 17.8. The third-order valence-corrected chi connectivity index (χ3v) is 1.31. The molecule has 0 aromatic carbocycles. The third-order valence-electron chi connectivity index (χ3n) is 1.31. The topological polar surface area (TPSA) is 300 Å². The van der Waals surface area contributed by atoms with Crippen LogP contribution in [0.1, 0.15) is 0 Å². The van der Waals surface area contributed by atoms with E-state index in [1.54, 1.807) is 0 Å². The van der Waals surface area contributed by atoms with Crippen LogP contribution < -0.4 is 22.2 Å². The third kappa shape index (κ3) is 9.15. The van der Waals surface area contributed by atoms with Crippen LogP contribution in [0.3, 0.4) is 0 Å². The summed E-state index contributed by atoms with van der Waals surface area (Å²) in [6.45, 7) is 0. The summed E-state index contributed by atoms with van der Waals surface area (Å²) in [4.78, 5) is 34.5. The molecule has 1 heterocycles. The fourth-order valence-electron chi connectivity index (χ4n) is 0.773. The number of carbonyl (C=O) groups is 1. The lowest BCUT2D eigenvalue weighted by atomic mass is 10.8. The molecule has 1 aromatic rings. The fourth-order valence-corrected chi connectivity index (χ4v) is 0.773. The first kappa shape index (κ1) is 18.6. The van der Waals surface area contributed by atoms with Gasteiger partial charge in [-0.2, -0.15) is 5.32 Å². The zero-order valence-corrected chi connectivity index (χ0v) is 10.9. The van der Waals surface area contributed by atoms with Gasteiger partial charge in [-0.05, 0) is 21.3 Å². The number of nitro groups is 1. The van der Waals surface area contributed by atoms with Crippen LogP contribution in [0, 0.1) is 10.1 Å². The molecule has 2 amide bonds. The van der Waals surface area contributed by atoms with Crippen molar-refractivity contribution in [2.24, 2.45) is 21.7 Å². The average molecular weight is 325 g/mol. The van der Waals surface area contributed by atoms with Crippen molar-refractivity contribution in [2.75, 3.05) is 0 Å². The Balaban J connectivity index is 0.000000585. The van der Waals surface area contributed by atoms with Crippen molar-refractivity contribution in [3.8, 4) is 0 Å². The van der Waals surface area contributed by atoms with E-state index in [-0.39, 0.29) is 5.96 Å². The molecule has 0 spiro atoms. The second-order valence-electron chi connectivity index (χ2n) is 2.90. The molecule has 0 radical (unpaired) electrons. The molecular weight excluding hydrogens is 318 g/mol. The Morgan fingerprint density at radius 2 is 1.74 bits per heavy atom. The molecule has 0 aliphatic heterocycles. The SMILES string of the molecule is NC(=[NH2+])NC(N)=O.[N-]=[N+]=Nc1nc(N=[N+]=[N-])nc([N-][N+](=O)[O-])n1. The summed E-state index contributed by atoms with van der Waals surface area (Å²) in [6.07, 6.45) is 0. The van der Waals surface area contributed by atoms with Gasteiger partial charge in [0.2, 0.25) is 0 Å². The summed E-state index contributed by atoms with van der Waals surface area (Å²) in [7, 11) is 0. The van der Waals surface area contributed by atoms with Crippen molar-refractivity contribution < 1.29 is 15.2 Å². The van der Waals surface area contributed by atoms with E-state index in [2.05, 4.69) is 46.2 Å². The van der Waals surface area contributed by atoms with Crippen LogP contribution in [0.5, 0.6) is 0 Å². The van der Waals surface area contributed by atoms with E-state index in [4.69, 9.17) is 22.2 Å². The van der Waals surface area contributed by atoms with Gasteiger partial charge in [0.25, 0.3) is 0 Å². The lowest BCUT2D eigenvalue weighted by molar-refractivity contribution is -0.419. The Bertz CT molecular complexity index is 651. The lowest BCUT2D eigenvalue weighted by Gasteiger charge is -2.05. The highest BCUT2D eigenvalue weighted by Gasteiger charge is 1.99. The molecule has 18 heteroatoms. The Morgan fingerprint density at radius 1 is 1.26 bits per heavy atom.